The molecule has 0 spiro atoms. The Hall–Kier alpha value is -3.23. The number of nitrogens with one attached hydrogen (secondary N) is 1. The number of amides is 2. The predicted octanol–water partition coefficient (Wildman–Crippen LogP) is 5.44. The molecule has 186 valence electrons. The average Bonchev–Trinajstić information content (AvgIpc) is 2.85. The van der Waals surface area contributed by atoms with Crippen LogP contribution in [0.2, 0.25) is 0 Å². The smallest absolute Gasteiger partial charge is 0.322 e. The van der Waals surface area contributed by atoms with Crippen molar-refractivity contribution in [2.45, 2.75) is 49.9 Å². The molecule has 3 aromatic carbocycles. The summed E-state index contributed by atoms with van der Waals surface area (Å²) in [6.45, 7) is 4.31. The fourth-order valence-electron chi connectivity index (χ4n) is 3.90. The number of benzene rings is 3. The standard InChI is InChI=1S/C27H32FN3O3S/c1-4-8-22-15-20(11-12-23(22)17-29)18-35(33,34)24-13-14-26(25(28)16-24)30-27(32)31(3)19(2)21-9-6-5-7-10-21/h5-7,9-16,19H,4,8,17-18,29H2,1-3H3,(H,30,32). The SMILES string of the molecule is CCCc1cc(CS(=O)(=O)c2ccc(NC(=O)N(C)C(C)c3ccccc3)c(F)c2)ccc1CN. The molecule has 6 nitrogen and oxygen atoms in total. The molecule has 2 amide bonds. The van der Waals surface area contributed by atoms with E-state index in [1.54, 1.807) is 13.1 Å². The first-order chi connectivity index (χ1) is 16.7. The zero-order chi connectivity index (χ0) is 25.6. The molecule has 0 saturated carbocycles. The second-order valence-corrected chi connectivity index (χ2v) is 10.6. The molecule has 0 aliphatic heterocycles. The molecule has 0 saturated heterocycles. The summed E-state index contributed by atoms with van der Waals surface area (Å²) in [5, 5.41) is 2.53. The highest BCUT2D eigenvalue weighted by atomic mass is 32.2. The maximum Gasteiger partial charge on any atom is 0.322 e. The summed E-state index contributed by atoms with van der Waals surface area (Å²) in [6, 6.07) is 17.7. The van der Waals surface area contributed by atoms with Crippen LogP contribution in [0.15, 0.2) is 71.6 Å². The van der Waals surface area contributed by atoms with Crippen LogP contribution in [-0.2, 0) is 28.6 Å². The highest BCUT2D eigenvalue weighted by Crippen LogP contribution is 2.25. The van der Waals surface area contributed by atoms with Crippen LogP contribution in [0.25, 0.3) is 0 Å². The van der Waals surface area contributed by atoms with Gasteiger partial charge in [-0.2, -0.15) is 0 Å². The molecule has 0 aromatic heterocycles. The van der Waals surface area contributed by atoms with Gasteiger partial charge in [0.1, 0.15) is 5.82 Å². The summed E-state index contributed by atoms with van der Waals surface area (Å²) >= 11 is 0. The van der Waals surface area contributed by atoms with Gasteiger partial charge in [0.05, 0.1) is 22.4 Å². The van der Waals surface area contributed by atoms with Crippen molar-refractivity contribution in [3.05, 3.63) is 94.8 Å². The number of rotatable bonds is 9. The summed E-state index contributed by atoms with van der Waals surface area (Å²) in [5.74, 6) is -1.07. The lowest BCUT2D eigenvalue weighted by Crippen LogP contribution is -2.33. The van der Waals surface area contributed by atoms with Crippen LogP contribution >= 0.6 is 0 Å². The molecule has 0 aliphatic rings. The summed E-state index contributed by atoms with van der Waals surface area (Å²) in [7, 11) is -2.17. The lowest BCUT2D eigenvalue weighted by molar-refractivity contribution is 0.208. The Kier molecular flexibility index (Phi) is 8.64. The van der Waals surface area contributed by atoms with E-state index in [0.29, 0.717) is 12.1 Å². The zero-order valence-corrected chi connectivity index (χ0v) is 21.1. The van der Waals surface area contributed by atoms with E-state index in [-0.39, 0.29) is 22.4 Å². The first-order valence-electron chi connectivity index (χ1n) is 11.6. The third-order valence-corrected chi connectivity index (χ3v) is 7.78. The van der Waals surface area contributed by atoms with Gasteiger partial charge in [-0.15, -0.1) is 0 Å². The van der Waals surface area contributed by atoms with E-state index in [1.807, 2.05) is 56.3 Å². The van der Waals surface area contributed by atoms with Gasteiger partial charge in [0, 0.05) is 13.6 Å². The Balaban J connectivity index is 1.74. The number of aryl methyl sites for hydroxylation is 1. The maximum atomic E-state index is 14.8. The lowest BCUT2D eigenvalue weighted by Gasteiger charge is -2.25. The van der Waals surface area contributed by atoms with Crippen molar-refractivity contribution in [2.75, 3.05) is 12.4 Å². The van der Waals surface area contributed by atoms with Crippen LogP contribution in [-0.4, -0.2) is 26.4 Å². The topological polar surface area (TPSA) is 92.5 Å². The minimum absolute atomic E-state index is 0.0846. The summed E-state index contributed by atoms with van der Waals surface area (Å²) in [6.07, 6.45) is 1.72. The Morgan fingerprint density at radius 3 is 2.40 bits per heavy atom. The fourth-order valence-corrected chi connectivity index (χ4v) is 5.24. The van der Waals surface area contributed by atoms with E-state index >= 15 is 0 Å². The Morgan fingerprint density at radius 1 is 1.06 bits per heavy atom. The van der Waals surface area contributed by atoms with Crippen LogP contribution in [0.1, 0.15) is 48.6 Å². The number of carbonyl (C=O) groups excluding carboxylic acids is 1. The third kappa shape index (κ3) is 6.46. The highest BCUT2D eigenvalue weighted by molar-refractivity contribution is 7.90. The predicted molar refractivity (Wildman–Crippen MR) is 137 cm³/mol. The van der Waals surface area contributed by atoms with E-state index in [0.717, 1.165) is 35.6 Å². The van der Waals surface area contributed by atoms with Crippen LogP contribution in [0.5, 0.6) is 0 Å². The molecule has 0 heterocycles. The van der Waals surface area contributed by atoms with Gasteiger partial charge in [0.2, 0.25) is 0 Å². The molecule has 1 atom stereocenters. The molecule has 0 bridgehead atoms. The molecule has 3 N–H and O–H groups in total. The van der Waals surface area contributed by atoms with Gasteiger partial charge in [-0.25, -0.2) is 17.6 Å². The zero-order valence-electron chi connectivity index (χ0n) is 20.3. The van der Waals surface area contributed by atoms with Crippen molar-refractivity contribution in [3.63, 3.8) is 0 Å². The van der Waals surface area contributed by atoms with Crippen LogP contribution in [0.4, 0.5) is 14.9 Å². The first kappa shape index (κ1) is 26.4. The second-order valence-electron chi connectivity index (χ2n) is 8.59. The molecular weight excluding hydrogens is 465 g/mol. The van der Waals surface area contributed by atoms with E-state index in [4.69, 9.17) is 5.73 Å². The lowest BCUT2D eigenvalue weighted by atomic mass is 10.0. The van der Waals surface area contributed by atoms with Crippen LogP contribution < -0.4 is 11.1 Å². The van der Waals surface area contributed by atoms with Gasteiger partial charge in [-0.05, 0) is 53.8 Å². The van der Waals surface area contributed by atoms with Crippen molar-refractivity contribution < 1.29 is 17.6 Å². The van der Waals surface area contributed by atoms with Crippen LogP contribution in [0, 0.1) is 5.82 Å². The Labute approximate surface area is 206 Å². The summed E-state index contributed by atoms with van der Waals surface area (Å²) < 4.78 is 40.8. The number of anilines is 1. The number of hydrogen-bond donors (Lipinski definition) is 2. The molecule has 0 fully saturated rings. The number of hydrogen-bond acceptors (Lipinski definition) is 4. The van der Waals surface area contributed by atoms with E-state index in [1.165, 1.54) is 17.0 Å². The van der Waals surface area contributed by atoms with Crippen molar-refractivity contribution in [1.29, 1.82) is 0 Å². The van der Waals surface area contributed by atoms with Crippen molar-refractivity contribution in [1.82, 2.24) is 4.90 Å². The number of sulfone groups is 1. The summed E-state index contributed by atoms with van der Waals surface area (Å²) in [5.41, 5.74) is 9.29. The molecule has 35 heavy (non-hydrogen) atoms. The van der Waals surface area contributed by atoms with Gasteiger partial charge in [-0.3, -0.25) is 0 Å². The molecule has 3 aromatic rings. The van der Waals surface area contributed by atoms with E-state index < -0.39 is 21.7 Å². The second kappa shape index (κ2) is 11.5. The number of nitrogens with two attached hydrogens (primary N) is 1. The van der Waals surface area contributed by atoms with Gasteiger partial charge in [0.25, 0.3) is 0 Å². The van der Waals surface area contributed by atoms with Gasteiger partial charge in [0.15, 0.2) is 9.84 Å². The Morgan fingerprint density at radius 2 is 1.77 bits per heavy atom. The van der Waals surface area contributed by atoms with Crippen molar-refractivity contribution in [2.24, 2.45) is 5.73 Å². The van der Waals surface area contributed by atoms with Crippen molar-refractivity contribution >= 4 is 21.6 Å². The average molecular weight is 498 g/mol. The number of nitrogens with zero attached hydrogens (tertiary/aromatic N) is 1. The third-order valence-electron chi connectivity index (χ3n) is 6.09. The highest BCUT2D eigenvalue weighted by Gasteiger charge is 2.21. The molecule has 0 radical (unpaired) electrons. The molecule has 3 rings (SSSR count). The maximum absolute atomic E-state index is 14.8. The number of urea groups is 1. The van der Waals surface area contributed by atoms with Gasteiger partial charge < -0.3 is 16.0 Å². The molecule has 1 unspecified atom stereocenters. The van der Waals surface area contributed by atoms with Gasteiger partial charge >= 0.3 is 6.03 Å². The fraction of sp³-hybridized carbons (Fsp3) is 0.296. The normalized spacial score (nSPS) is 12.3. The minimum atomic E-state index is -3.79. The number of carbonyl (C=O) groups is 1. The molecule has 8 heteroatoms. The minimum Gasteiger partial charge on any atom is -0.326 e. The largest absolute Gasteiger partial charge is 0.326 e. The quantitative estimate of drug-likeness (QED) is 0.412. The van der Waals surface area contributed by atoms with Crippen molar-refractivity contribution in [3.8, 4) is 0 Å². The Bertz CT molecular complexity index is 1280. The van der Waals surface area contributed by atoms with Gasteiger partial charge in [-0.1, -0.05) is 61.9 Å². The van der Waals surface area contributed by atoms with Crippen LogP contribution in [0.3, 0.4) is 0 Å². The molecular formula is C27H32FN3O3S. The first-order valence-corrected chi connectivity index (χ1v) is 13.2. The van der Waals surface area contributed by atoms with E-state index in [2.05, 4.69) is 5.32 Å². The molecule has 0 aliphatic carbocycles. The van der Waals surface area contributed by atoms with E-state index in [9.17, 15) is 17.6 Å². The summed E-state index contributed by atoms with van der Waals surface area (Å²) in [4.78, 5) is 14.0. The monoisotopic (exact) mass is 497 g/mol. The number of halogens is 1.